The predicted octanol–water partition coefficient (Wildman–Crippen LogP) is 5.11. The lowest BCUT2D eigenvalue weighted by molar-refractivity contribution is -0.140. The van der Waals surface area contributed by atoms with Crippen LogP contribution in [0.4, 0.5) is 5.69 Å². The number of likely N-dealkylation sites (N-methyl/N-ethyl adjacent to an activating group) is 1. The Morgan fingerprint density at radius 2 is 1.68 bits per heavy atom. The van der Waals surface area contributed by atoms with Crippen molar-refractivity contribution in [1.29, 1.82) is 0 Å². The average Bonchev–Trinajstić information content (AvgIpc) is 2.71. The molecule has 0 aliphatic carbocycles. The van der Waals surface area contributed by atoms with E-state index in [0.29, 0.717) is 13.2 Å². The van der Waals surface area contributed by atoms with Crippen molar-refractivity contribution in [3.05, 3.63) is 24.3 Å². The first-order valence-electron chi connectivity index (χ1n) is 10.9. The molecule has 1 aromatic carbocycles. The van der Waals surface area contributed by atoms with Crippen LogP contribution >= 0.6 is 0 Å². The summed E-state index contributed by atoms with van der Waals surface area (Å²) in [5.74, 6) is 0.741. The first-order chi connectivity index (χ1) is 13.5. The van der Waals surface area contributed by atoms with Crippen LogP contribution in [0.2, 0.25) is 0 Å². The predicted molar refractivity (Wildman–Crippen MR) is 117 cm³/mol. The first kappa shape index (κ1) is 24.4. The Kier molecular flexibility index (Phi) is 11.8. The fourth-order valence-corrected chi connectivity index (χ4v) is 3.02. The number of nitrogens with one attached hydrogen (secondary N) is 1. The minimum Gasteiger partial charge on any atom is -0.492 e. The zero-order valence-corrected chi connectivity index (χ0v) is 18.6. The van der Waals surface area contributed by atoms with Crippen molar-refractivity contribution in [3.63, 3.8) is 0 Å². The lowest BCUT2D eigenvalue weighted by atomic mass is 9.96. The van der Waals surface area contributed by atoms with Crippen LogP contribution in [0.15, 0.2) is 24.3 Å². The first-order valence-corrected chi connectivity index (χ1v) is 10.9. The molecule has 160 valence electrons. The van der Waals surface area contributed by atoms with E-state index in [4.69, 9.17) is 9.47 Å². The molecule has 0 bridgehead atoms. The molecule has 0 aliphatic rings. The molecule has 0 radical (unpaired) electrons. The van der Waals surface area contributed by atoms with Gasteiger partial charge in [0, 0.05) is 18.8 Å². The van der Waals surface area contributed by atoms with E-state index < -0.39 is 5.60 Å². The van der Waals surface area contributed by atoms with Gasteiger partial charge in [-0.2, -0.15) is 0 Å². The number of nitrogens with zero attached hydrogens (tertiary/aromatic N) is 1. The molecular formula is C23H40N2O3. The number of hydrogen-bond acceptors (Lipinski definition) is 4. The van der Waals surface area contributed by atoms with E-state index in [1.54, 1.807) is 0 Å². The van der Waals surface area contributed by atoms with Gasteiger partial charge in [0.05, 0.1) is 0 Å². The topological polar surface area (TPSA) is 50.8 Å². The minimum absolute atomic E-state index is 0.0766. The van der Waals surface area contributed by atoms with Gasteiger partial charge in [0.1, 0.15) is 18.0 Å². The second-order valence-electron chi connectivity index (χ2n) is 7.39. The third kappa shape index (κ3) is 8.61. The van der Waals surface area contributed by atoms with Gasteiger partial charge in [-0.05, 0) is 57.1 Å². The smallest absolute Gasteiger partial charge is 0.256 e. The molecule has 0 aliphatic heterocycles. The number of ether oxygens (including phenoxy) is 2. The molecule has 0 heterocycles. The van der Waals surface area contributed by atoms with Crippen molar-refractivity contribution in [2.75, 3.05) is 38.2 Å². The van der Waals surface area contributed by atoms with E-state index in [9.17, 15) is 4.79 Å². The number of anilines is 1. The average molecular weight is 393 g/mol. The van der Waals surface area contributed by atoms with Crippen LogP contribution in [0.1, 0.15) is 66.7 Å². The van der Waals surface area contributed by atoms with E-state index in [-0.39, 0.29) is 5.91 Å². The third-order valence-electron chi connectivity index (χ3n) is 5.05. The molecule has 1 aromatic rings. The van der Waals surface area contributed by atoms with Crippen LogP contribution in [0.3, 0.4) is 0 Å². The molecule has 5 nitrogen and oxygen atoms in total. The van der Waals surface area contributed by atoms with Crippen LogP contribution in [-0.2, 0) is 9.53 Å². The van der Waals surface area contributed by atoms with Crippen molar-refractivity contribution in [1.82, 2.24) is 4.90 Å². The monoisotopic (exact) mass is 392 g/mol. The molecule has 0 spiro atoms. The zero-order chi connectivity index (χ0) is 20.8. The molecule has 28 heavy (non-hydrogen) atoms. The van der Waals surface area contributed by atoms with E-state index in [1.165, 1.54) is 0 Å². The molecule has 0 saturated carbocycles. The number of carbonyl (C=O) groups excluding carboxylic acids is 1. The second-order valence-corrected chi connectivity index (χ2v) is 7.39. The van der Waals surface area contributed by atoms with E-state index in [1.807, 2.05) is 31.2 Å². The Labute approximate surface area is 171 Å². The van der Waals surface area contributed by atoms with Gasteiger partial charge in [-0.3, -0.25) is 4.79 Å². The SMILES string of the molecule is CCCCCC(C)(OCCC)C(=O)Nc1ccc(OCCN(CC)CC)cc1. The summed E-state index contributed by atoms with van der Waals surface area (Å²) < 4.78 is 11.7. The molecule has 1 atom stereocenters. The normalized spacial score (nSPS) is 13.4. The van der Waals surface area contributed by atoms with Gasteiger partial charge in [0.15, 0.2) is 0 Å². The zero-order valence-electron chi connectivity index (χ0n) is 18.6. The standard InChI is InChI=1S/C23H40N2O3/c1-6-10-11-16-23(5,28-18-7-2)22(26)24-20-12-14-21(15-13-20)27-19-17-25(8-3)9-4/h12-15H,6-11,16-19H2,1-5H3,(H,24,26). The minimum atomic E-state index is -0.788. The summed E-state index contributed by atoms with van der Waals surface area (Å²) in [6.07, 6.45) is 4.86. The van der Waals surface area contributed by atoms with Crippen LogP contribution in [-0.4, -0.2) is 49.3 Å². The Balaban J connectivity index is 2.60. The Bertz CT molecular complexity index is 543. The summed E-state index contributed by atoms with van der Waals surface area (Å²) >= 11 is 0. The number of benzene rings is 1. The van der Waals surface area contributed by atoms with Crippen molar-refractivity contribution < 1.29 is 14.3 Å². The molecular weight excluding hydrogens is 352 g/mol. The molecule has 1 rings (SSSR count). The lowest BCUT2D eigenvalue weighted by Gasteiger charge is -2.28. The fraction of sp³-hybridized carbons (Fsp3) is 0.696. The van der Waals surface area contributed by atoms with E-state index >= 15 is 0 Å². The molecule has 0 fully saturated rings. The highest BCUT2D eigenvalue weighted by Gasteiger charge is 2.33. The lowest BCUT2D eigenvalue weighted by Crippen LogP contribution is -2.43. The quantitative estimate of drug-likeness (QED) is 0.421. The van der Waals surface area contributed by atoms with E-state index in [2.05, 4.69) is 37.9 Å². The van der Waals surface area contributed by atoms with Crippen LogP contribution < -0.4 is 10.1 Å². The molecule has 0 aromatic heterocycles. The van der Waals surface area contributed by atoms with Gasteiger partial charge in [0.2, 0.25) is 0 Å². The van der Waals surface area contributed by atoms with Gasteiger partial charge < -0.3 is 19.7 Å². The Morgan fingerprint density at radius 1 is 1.00 bits per heavy atom. The highest BCUT2D eigenvalue weighted by molar-refractivity contribution is 5.97. The van der Waals surface area contributed by atoms with Crippen molar-refractivity contribution >= 4 is 11.6 Å². The highest BCUT2D eigenvalue weighted by atomic mass is 16.5. The Hall–Kier alpha value is -1.59. The fourth-order valence-electron chi connectivity index (χ4n) is 3.02. The molecule has 5 heteroatoms. The highest BCUT2D eigenvalue weighted by Crippen LogP contribution is 2.23. The molecule has 1 unspecified atom stereocenters. The van der Waals surface area contributed by atoms with E-state index in [0.717, 1.165) is 63.2 Å². The van der Waals surface area contributed by atoms with Crippen LogP contribution in [0.5, 0.6) is 5.75 Å². The maximum atomic E-state index is 12.9. The summed E-state index contributed by atoms with van der Waals surface area (Å²) in [4.78, 5) is 15.2. The van der Waals surface area contributed by atoms with Gasteiger partial charge in [-0.15, -0.1) is 0 Å². The summed E-state index contributed by atoms with van der Waals surface area (Å²) in [5.41, 5.74) is -0.0210. The molecule has 1 amide bonds. The Morgan fingerprint density at radius 3 is 2.25 bits per heavy atom. The number of amides is 1. The third-order valence-corrected chi connectivity index (χ3v) is 5.05. The van der Waals surface area contributed by atoms with Crippen LogP contribution in [0, 0.1) is 0 Å². The second kappa shape index (κ2) is 13.6. The van der Waals surface area contributed by atoms with Crippen molar-refractivity contribution in [2.45, 2.75) is 72.3 Å². The summed E-state index contributed by atoms with van der Waals surface area (Å²) in [6.45, 7) is 14.7. The van der Waals surface area contributed by atoms with Gasteiger partial charge in [-0.1, -0.05) is 47.0 Å². The van der Waals surface area contributed by atoms with Gasteiger partial charge in [0.25, 0.3) is 5.91 Å². The van der Waals surface area contributed by atoms with Crippen molar-refractivity contribution in [3.8, 4) is 5.75 Å². The number of carbonyl (C=O) groups is 1. The van der Waals surface area contributed by atoms with Crippen molar-refractivity contribution in [2.24, 2.45) is 0 Å². The summed E-state index contributed by atoms with van der Waals surface area (Å²) in [6, 6.07) is 7.58. The summed E-state index contributed by atoms with van der Waals surface area (Å²) in [7, 11) is 0. The van der Waals surface area contributed by atoms with Gasteiger partial charge in [-0.25, -0.2) is 0 Å². The number of unbranched alkanes of at least 4 members (excludes halogenated alkanes) is 2. The molecule has 1 N–H and O–H groups in total. The maximum Gasteiger partial charge on any atom is 0.256 e. The largest absolute Gasteiger partial charge is 0.492 e. The maximum absolute atomic E-state index is 12.9. The number of rotatable bonds is 15. The van der Waals surface area contributed by atoms with Gasteiger partial charge >= 0.3 is 0 Å². The summed E-state index contributed by atoms with van der Waals surface area (Å²) in [5, 5.41) is 3.01. The number of hydrogen-bond donors (Lipinski definition) is 1. The molecule has 0 saturated heterocycles. The van der Waals surface area contributed by atoms with Crippen LogP contribution in [0.25, 0.3) is 0 Å².